The number of rotatable bonds is 11. The van der Waals surface area contributed by atoms with Gasteiger partial charge < -0.3 is 19.7 Å². The number of hydrogen-bond donors (Lipinski definition) is 2. The van der Waals surface area contributed by atoms with Gasteiger partial charge in [0.2, 0.25) is 0 Å². The van der Waals surface area contributed by atoms with E-state index in [1.54, 1.807) is 0 Å². The van der Waals surface area contributed by atoms with E-state index in [1.807, 2.05) is 0 Å². The standard InChI is InChI=1S/C12H18O6/c1-3-17-7-5-12(11(15)16,9-10(13)14)6-8-18-4-2/h3-4H,1-2,5-9H2,(H,13,14)(H,15,16). The summed E-state index contributed by atoms with van der Waals surface area (Å²) in [6.45, 7) is 6.86. The first-order chi connectivity index (χ1) is 8.48. The first-order valence-corrected chi connectivity index (χ1v) is 5.38. The zero-order chi connectivity index (χ0) is 14.0. The van der Waals surface area contributed by atoms with Gasteiger partial charge >= 0.3 is 11.9 Å². The molecule has 6 nitrogen and oxygen atoms in total. The minimum absolute atomic E-state index is 0.0706. The predicted molar refractivity (Wildman–Crippen MR) is 63.9 cm³/mol. The second kappa shape index (κ2) is 8.16. The van der Waals surface area contributed by atoms with Crippen molar-refractivity contribution < 1.29 is 29.3 Å². The third-order valence-corrected chi connectivity index (χ3v) is 2.58. The summed E-state index contributed by atoms with van der Waals surface area (Å²) in [4.78, 5) is 22.1. The van der Waals surface area contributed by atoms with E-state index in [4.69, 9.17) is 14.6 Å². The highest BCUT2D eigenvalue weighted by Crippen LogP contribution is 2.32. The van der Waals surface area contributed by atoms with Gasteiger partial charge in [-0.05, 0) is 12.8 Å². The SMILES string of the molecule is C=COCCC(CCOC=C)(CC(=O)O)C(=O)O. The molecule has 0 fully saturated rings. The van der Waals surface area contributed by atoms with Crippen LogP contribution in [0.15, 0.2) is 25.7 Å². The molecule has 0 radical (unpaired) electrons. The Bertz CT molecular complexity index is 296. The van der Waals surface area contributed by atoms with Gasteiger partial charge in [0.1, 0.15) is 0 Å². The number of hydrogen-bond acceptors (Lipinski definition) is 4. The maximum absolute atomic E-state index is 11.3. The van der Waals surface area contributed by atoms with Crippen LogP contribution < -0.4 is 0 Å². The average molecular weight is 258 g/mol. The van der Waals surface area contributed by atoms with Crippen molar-refractivity contribution in [1.82, 2.24) is 0 Å². The van der Waals surface area contributed by atoms with E-state index in [9.17, 15) is 14.7 Å². The van der Waals surface area contributed by atoms with E-state index in [0.717, 1.165) is 0 Å². The molecule has 6 heteroatoms. The van der Waals surface area contributed by atoms with Gasteiger partial charge in [-0.25, -0.2) is 0 Å². The Kier molecular flexibility index (Phi) is 7.26. The molecule has 0 aliphatic heterocycles. The molecule has 0 amide bonds. The number of carboxylic acids is 2. The highest BCUT2D eigenvalue weighted by atomic mass is 16.5. The van der Waals surface area contributed by atoms with Crippen molar-refractivity contribution in [3.8, 4) is 0 Å². The van der Waals surface area contributed by atoms with Crippen molar-refractivity contribution >= 4 is 11.9 Å². The Morgan fingerprint density at radius 1 is 1.06 bits per heavy atom. The van der Waals surface area contributed by atoms with Gasteiger partial charge in [0.05, 0.1) is 37.6 Å². The summed E-state index contributed by atoms with van der Waals surface area (Å²) in [6.07, 6.45) is 2.03. The number of carbonyl (C=O) groups is 2. The maximum atomic E-state index is 11.3. The summed E-state index contributed by atoms with van der Waals surface area (Å²) in [6, 6.07) is 0. The summed E-state index contributed by atoms with van der Waals surface area (Å²) >= 11 is 0. The van der Waals surface area contributed by atoms with Gasteiger partial charge in [-0.3, -0.25) is 9.59 Å². The number of carboxylic acid groups (broad SMARTS) is 2. The lowest BCUT2D eigenvalue weighted by atomic mass is 9.78. The van der Waals surface area contributed by atoms with Crippen LogP contribution in [0.25, 0.3) is 0 Å². The Morgan fingerprint density at radius 2 is 1.50 bits per heavy atom. The lowest BCUT2D eigenvalue weighted by Gasteiger charge is -2.27. The van der Waals surface area contributed by atoms with Crippen LogP contribution in [-0.4, -0.2) is 35.4 Å². The molecule has 0 aromatic carbocycles. The first-order valence-electron chi connectivity index (χ1n) is 5.38. The van der Waals surface area contributed by atoms with Crippen molar-refractivity contribution in [2.24, 2.45) is 5.41 Å². The summed E-state index contributed by atoms with van der Waals surface area (Å²) in [5.74, 6) is -2.35. The molecule has 0 aliphatic carbocycles. The fraction of sp³-hybridized carbons (Fsp3) is 0.500. The van der Waals surface area contributed by atoms with Crippen molar-refractivity contribution in [2.75, 3.05) is 13.2 Å². The van der Waals surface area contributed by atoms with Crippen LogP contribution in [-0.2, 0) is 19.1 Å². The highest BCUT2D eigenvalue weighted by molar-refractivity contribution is 5.81. The number of ether oxygens (including phenoxy) is 2. The van der Waals surface area contributed by atoms with Crippen LogP contribution in [0.1, 0.15) is 19.3 Å². The molecule has 18 heavy (non-hydrogen) atoms. The second-order valence-corrected chi connectivity index (χ2v) is 3.73. The summed E-state index contributed by atoms with van der Waals surface area (Å²) in [5.41, 5.74) is -1.40. The highest BCUT2D eigenvalue weighted by Gasteiger charge is 2.40. The van der Waals surface area contributed by atoms with E-state index >= 15 is 0 Å². The minimum atomic E-state index is -1.40. The molecule has 0 unspecified atom stereocenters. The van der Waals surface area contributed by atoms with Gasteiger partial charge in [0, 0.05) is 0 Å². The zero-order valence-electron chi connectivity index (χ0n) is 10.1. The van der Waals surface area contributed by atoms with E-state index in [-0.39, 0.29) is 26.1 Å². The minimum Gasteiger partial charge on any atom is -0.502 e. The van der Waals surface area contributed by atoms with Gasteiger partial charge in [-0.2, -0.15) is 0 Å². The molecule has 0 heterocycles. The second-order valence-electron chi connectivity index (χ2n) is 3.73. The average Bonchev–Trinajstić information content (AvgIpc) is 2.28. The molecular formula is C12H18O6. The van der Waals surface area contributed by atoms with Crippen molar-refractivity contribution in [1.29, 1.82) is 0 Å². The normalized spacial score (nSPS) is 10.4. The summed E-state index contributed by atoms with van der Waals surface area (Å²) in [7, 11) is 0. The van der Waals surface area contributed by atoms with Crippen molar-refractivity contribution in [2.45, 2.75) is 19.3 Å². The van der Waals surface area contributed by atoms with E-state index < -0.39 is 23.8 Å². The number of aliphatic carboxylic acids is 2. The Balaban J connectivity index is 4.76. The van der Waals surface area contributed by atoms with E-state index in [2.05, 4.69) is 13.2 Å². The third-order valence-electron chi connectivity index (χ3n) is 2.58. The van der Waals surface area contributed by atoms with E-state index in [0.29, 0.717) is 0 Å². The topological polar surface area (TPSA) is 93.1 Å². The molecule has 0 atom stereocenters. The van der Waals surface area contributed by atoms with Gasteiger partial charge in [-0.1, -0.05) is 13.2 Å². The van der Waals surface area contributed by atoms with Crippen LogP contribution in [0, 0.1) is 5.41 Å². The van der Waals surface area contributed by atoms with Crippen LogP contribution in [0.5, 0.6) is 0 Å². The molecule has 0 spiro atoms. The lowest BCUT2D eigenvalue weighted by molar-refractivity contribution is -0.158. The summed E-state index contributed by atoms with van der Waals surface area (Å²) < 4.78 is 9.75. The Labute approximate surface area is 106 Å². The molecule has 0 saturated heterocycles. The van der Waals surface area contributed by atoms with Crippen LogP contribution in [0.2, 0.25) is 0 Å². The molecule has 0 aliphatic rings. The van der Waals surface area contributed by atoms with Gasteiger partial charge in [0.25, 0.3) is 0 Å². The molecule has 0 saturated carbocycles. The quantitative estimate of drug-likeness (QED) is 0.432. The van der Waals surface area contributed by atoms with E-state index in [1.165, 1.54) is 12.5 Å². The van der Waals surface area contributed by atoms with Gasteiger partial charge in [0.15, 0.2) is 0 Å². The summed E-state index contributed by atoms with van der Waals surface area (Å²) in [5, 5.41) is 18.1. The zero-order valence-corrected chi connectivity index (χ0v) is 10.1. The fourth-order valence-corrected chi connectivity index (χ4v) is 1.56. The third kappa shape index (κ3) is 5.38. The molecule has 2 N–H and O–H groups in total. The van der Waals surface area contributed by atoms with Crippen LogP contribution in [0.3, 0.4) is 0 Å². The molecule has 0 bridgehead atoms. The van der Waals surface area contributed by atoms with Crippen LogP contribution >= 0.6 is 0 Å². The van der Waals surface area contributed by atoms with Gasteiger partial charge in [-0.15, -0.1) is 0 Å². The molecule has 0 aromatic rings. The van der Waals surface area contributed by atoms with Crippen LogP contribution in [0.4, 0.5) is 0 Å². The Morgan fingerprint density at radius 3 is 1.78 bits per heavy atom. The van der Waals surface area contributed by atoms with Crippen molar-refractivity contribution in [3.63, 3.8) is 0 Å². The lowest BCUT2D eigenvalue weighted by Crippen LogP contribution is -2.36. The monoisotopic (exact) mass is 258 g/mol. The largest absolute Gasteiger partial charge is 0.502 e. The first kappa shape index (κ1) is 16.0. The molecular weight excluding hydrogens is 240 g/mol. The maximum Gasteiger partial charge on any atom is 0.310 e. The fourth-order valence-electron chi connectivity index (χ4n) is 1.56. The predicted octanol–water partition coefficient (Wildman–Crippen LogP) is 1.63. The molecule has 102 valence electrons. The molecule has 0 aromatic heterocycles. The van der Waals surface area contributed by atoms with Crippen molar-refractivity contribution in [3.05, 3.63) is 25.7 Å². The molecule has 0 rings (SSSR count). The Hall–Kier alpha value is -1.98. The smallest absolute Gasteiger partial charge is 0.310 e.